The number of aromatic nitrogens is 3. The number of fused-ring (bicyclic) bond motifs is 3. The molecular weight excluding hydrogens is 238 g/mol. The third-order valence-electron chi connectivity index (χ3n) is 3.38. The van der Waals surface area contributed by atoms with Gasteiger partial charge in [-0.25, -0.2) is 0 Å². The highest BCUT2D eigenvalue weighted by Crippen LogP contribution is 2.22. The third kappa shape index (κ3) is 1.71. The summed E-state index contributed by atoms with van der Waals surface area (Å²) in [7, 11) is 0. The van der Waals surface area contributed by atoms with Crippen LogP contribution in [0.15, 0.2) is 35.4 Å². The van der Waals surface area contributed by atoms with E-state index in [1.165, 1.54) is 0 Å². The Morgan fingerprint density at radius 1 is 1.21 bits per heavy atom. The first kappa shape index (κ1) is 11.8. The molecule has 0 spiro atoms. The van der Waals surface area contributed by atoms with E-state index in [0.717, 1.165) is 28.5 Å². The van der Waals surface area contributed by atoms with E-state index in [2.05, 4.69) is 16.9 Å². The first-order valence-corrected chi connectivity index (χ1v) is 6.47. The second-order valence-electron chi connectivity index (χ2n) is 4.65. The molecule has 0 bridgehead atoms. The Labute approximate surface area is 110 Å². The Balaban J connectivity index is 2.62. The van der Waals surface area contributed by atoms with Crippen LogP contribution < -0.4 is 5.56 Å². The van der Waals surface area contributed by atoms with Gasteiger partial charge in [-0.1, -0.05) is 6.92 Å². The van der Waals surface area contributed by atoms with Crippen molar-refractivity contribution in [2.75, 3.05) is 0 Å². The molecule has 3 heterocycles. The largest absolute Gasteiger partial charge is 0.308 e. The highest BCUT2D eigenvalue weighted by molar-refractivity contribution is 6.04. The number of hydrogen-bond acceptors (Lipinski definition) is 3. The van der Waals surface area contributed by atoms with Crippen molar-refractivity contribution in [1.82, 2.24) is 14.5 Å². The number of nitrogens with zero attached hydrogens (tertiary/aromatic N) is 3. The standard InChI is InChI=1S/C15H15N3O/c1-3-9-18-12-6-8-16-10(2)13(12)14-11(15(18)19)5-4-7-17-14/h4-8H,3,9H2,1-2H3. The molecule has 0 aliphatic carbocycles. The van der Waals surface area contributed by atoms with Crippen LogP contribution in [0.25, 0.3) is 21.8 Å². The number of hydrogen-bond donors (Lipinski definition) is 0. The van der Waals surface area contributed by atoms with Gasteiger partial charge in [-0.15, -0.1) is 0 Å². The minimum absolute atomic E-state index is 0.0306. The second-order valence-corrected chi connectivity index (χ2v) is 4.65. The van der Waals surface area contributed by atoms with Crippen LogP contribution in [-0.4, -0.2) is 14.5 Å². The van der Waals surface area contributed by atoms with Crippen LogP contribution in [-0.2, 0) is 6.54 Å². The molecule has 0 N–H and O–H groups in total. The molecule has 0 aliphatic rings. The van der Waals surface area contributed by atoms with Crippen molar-refractivity contribution < 1.29 is 0 Å². The molecular formula is C15H15N3O. The predicted octanol–water partition coefficient (Wildman–Crippen LogP) is 2.66. The first-order chi connectivity index (χ1) is 9.24. The molecule has 0 saturated heterocycles. The highest BCUT2D eigenvalue weighted by atomic mass is 16.1. The van der Waals surface area contributed by atoms with Crippen molar-refractivity contribution in [3.05, 3.63) is 46.6 Å². The fraction of sp³-hybridized carbons (Fsp3) is 0.267. The van der Waals surface area contributed by atoms with Gasteiger partial charge in [0.05, 0.1) is 16.4 Å². The van der Waals surface area contributed by atoms with Crippen molar-refractivity contribution in [1.29, 1.82) is 0 Å². The summed E-state index contributed by atoms with van der Waals surface area (Å²) in [5.74, 6) is 0. The molecule has 0 fully saturated rings. The maximum atomic E-state index is 12.5. The van der Waals surface area contributed by atoms with Gasteiger partial charge in [-0.2, -0.15) is 0 Å². The molecule has 3 aromatic heterocycles. The van der Waals surface area contributed by atoms with E-state index in [9.17, 15) is 4.79 Å². The molecule has 3 rings (SSSR count). The molecule has 4 heteroatoms. The maximum Gasteiger partial charge on any atom is 0.260 e. The van der Waals surface area contributed by atoms with Gasteiger partial charge in [0.1, 0.15) is 0 Å². The molecule has 0 aliphatic heterocycles. The second kappa shape index (κ2) is 4.46. The van der Waals surface area contributed by atoms with Gasteiger partial charge < -0.3 is 4.57 Å². The van der Waals surface area contributed by atoms with Crippen molar-refractivity contribution in [2.45, 2.75) is 26.8 Å². The Bertz CT molecular complexity index is 821. The topological polar surface area (TPSA) is 47.8 Å². The fourth-order valence-electron chi connectivity index (χ4n) is 2.55. The number of rotatable bonds is 2. The lowest BCUT2D eigenvalue weighted by atomic mass is 10.1. The average molecular weight is 253 g/mol. The van der Waals surface area contributed by atoms with Crippen LogP contribution in [0, 0.1) is 6.92 Å². The Morgan fingerprint density at radius 2 is 2.05 bits per heavy atom. The zero-order chi connectivity index (χ0) is 13.4. The molecule has 0 unspecified atom stereocenters. The Kier molecular flexibility index (Phi) is 2.78. The molecule has 0 aromatic carbocycles. The average Bonchev–Trinajstić information content (AvgIpc) is 2.43. The summed E-state index contributed by atoms with van der Waals surface area (Å²) in [6, 6.07) is 5.54. The normalized spacial score (nSPS) is 11.3. The summed E-state index contributed by atoms with van der Waals surface area (Å²) in [6.45, 7) is 4.74. The highest BCUT2D eigenvalue weighted by Gasteiger charge is 2.12. The van der Waals surface area contributed by atoms with Gasteiger partial charge in [0, 0.05) is 30.0 Å². The van der Waals surface area contributed by atoms with Gasteiger partial charge in [-0.3, -0.25) is 14.8 Å². The third-order valence-corrected chi connectivity index (χ3v) is 3.38. The van der Waals surface area contributed by atoms with Crippen molar-refractivity contribution in [3.8, 4) is 0 Å². The van der Waals surface area contributed by atoms with Gasteiger partial charge in [-0.05, 0) is 31.5 Å². The van der Waals surface area contributed by atoms with Gasteiger partial charge in [0.15, 0.2) is 0 Å². The van der Waals surface area contributed by atoms with Crippen LogP contribution in [0.1, 0.15) is 19.0 Å². The van der Waals surface area contributed by atoms with Crippen molar-refractivity contribution >= 4 is 21.8 Å². The Morgan fingerprint density at radius 3 is 2.84 bits per heavy atom. The van der Waals surface area contributed by atoms with Crippen LogP contribution in [0.2, 0.25) is 0 Å². The van der Waals surface area contributed by atoms with E-state index in [4.69, 9.17) is 0 Å². The molecule has 19 heavy (non-hydrogen) atoms. The zero-order valence-electron chi connectivity index (χ0n) is 11.1. The molecule has 96 valence electrons. The summed E-state index contributed by atoms with van der Waals surface area (Å²) in [4.78, 5) is 21.3. The molecule has 3 aromatic rings. The fourth-order valence-corrected chi connectivity index (χ4v) is 2.55. The van der Waals surface area contributed by atoms with Crippen molar-refractivity contribution in [3.63, 3.8) is 0 Å². The molecule has 0 radical (unpaired) electrons. The maximum absolute atomic E-state index is 12.5. The van der Waals surface area contributed by atoms with Crippen LogP contribution in [0.5, 0.6) is 0 Å². The quantitative estimate of drug-likeness (QED) is 0.660. The van der Waals surface area contributed by atoms with Crippen molar-refractivity contribution in [2.24, 2.45) is 0 Å². The predicted molar refractivity (Wildman–Crippen MR) is 76.3 cm³/mol. The smallest absolute Gasteiger partial charge is 0.260 e. The number of pyridine rings is 3. The Hall–Kier alpha value is -2.23. The van der Waals surface area contributed by atoms with E-state index >= 15 is 0 Å². The lowest BCUT2D eigenvalue weighted by Gasteiger charge is -2.12. The minimum Gasteiger partial charge on any atom is -0.308 e. The lowest BCUT2D eigenvalue weighted by molar-refractivity contribution is 0.682. The molecule has 0 atom stereocenters. The zero-order valence-corrected chi connectivity index (χ0v) is 11.1. The van der Waals surface area contributed by atoms with Crippen LogP contribution >= 0.6 is 0 Å². The van der Waals surface area contributed by atoms with E-state index in [-0.39, 0.29) is 5.56 Å². The monoisotopic (exact) mass is 253 g/mol. The van der Waals surface area contributed by atoms with Crippen LogP contribution in [0.4, 0.5) is 0 Å². The summed E-state index contributed by atoms with van der Waals surface area (Å²) < 4.78 is 1.83. The summed E-state index contributed by atoms with van der Waals surface area (Å²) >= 11 is 0. The van der Waals surface area contributed by atoms with E-state index < -0.39 is 0 Å². The molecule has 4 nitrogen and oxygen atoms in total. The minimum atomic E-state index is 0.0306. The van der Waals surface area contributed by atoms with Gasteiger partial charge >= 0.3 is 0 Å². The number of aryl methyl sites for hydroxylation is 2. The van der Waals surface area contributed by atoms with E-state index in [1.54, 1.807) is 18.5 Å². The van der Waals surface area contributed by atoms with E-state index in [1.807, 2.05) is 23.6 Å². The summed E-state index contributed by atoms with van der Waals surface area (Å²) in [6.07, 6.45) is 4.39. The summed E-state index contributed by atoms with van der Waals surface area (Å²) in [5.41, 5.74) is 2.61. The van der Waals surface area contributed by atoms with Gasteiger partial charge in [0.2, 0.25) is 0 Å². The SMILES string of the molecule is CCCn1c(=O)c2cccnc2c2c(C)nccc21. The van der Waals surface area contributed by atoms with Gasteiger partial charge in [0.25, 0.3) is 5.56 Å². The van der Waals surface area contributed by atoms with Crippen LogP contribution in [0.3, 0.4) is 0 Å². The first-order valence-electron chi connectivity index (χ1n) is 6.47. The summed E-state index contributed by atoms with van der Waals surface area (Å²) in [5, 5.41) is 1.64. The molecule has 0 saturated carbocycles. The molecule has 0 amide bonds. The van der Waals surface area contributed by atoms with E-state index in [0.29, 0.717) is 11.9 Å². The lowest BCUT2D eigenvalue weighted by Crippen LogP contribution is -2.21.